The molecule has 1 amide bonds. The van der Waals surface area contributed by atoms with Crippen LogP contribution in [0.15, 0.2) is 10.5 Å². The highest BCUT2D eigenvalue weighted by atomic mass is 16.5. The Morgan fingerprint density at radius 2 is 2.15 bits per heavy atom. The fraction of sp³-hybridized carbons (Fsp3) is 0.667. The maximum absolute atomic E-state index is 11.5. The van der Waals surface area contributed by atoms with E-state index >= 15 is 0 Å². The molecule has 1 aromatic rings. The number of carbonyl (C=O) groups excluding carboxylic acids is 1. The van der Waals surface area contributed by atoms with Crippen LogP contribution in [0.4, 0.5) is 0 Å². The van der Waals surface area contributed by atoms with Gasteiger partial charge in [0.1, 0.15) is 12.4 Å². The predicted molar refractivity (Wildman–Crippen MR) is 75.9 cm³/mol. The molecule has 0 radical (unpaired) electrons. The summed E-state index contributed by atoms with van der Waals surface area (Å²) in [7, 11) is 0. The molecule has 5 nitrogen and oxygen atoms in total. The van der Waals surface area contributed by atoms with Gasteiger partial charge in [-0.25, -0.2) is 5.84 Å². The first-order valence-electron chi connectivity index (χ1n) is 7.13. The normalized spacial score (nSPS) is 19.0. The van der Waals surface area contributed by atoms with E-state index in [-0.39, 0.29) is 5.76 Å². The lowest BCUT2D eigenvalue weighted by molar-refractivity contribution is -0.0122. The lowest BCUT2D eigenvalue weighted by Gasteiger charge is -2.33. The topological polar surface area (TPSA) is 77.5 Å². The van der Waals surface area contributed by atoms with Crippen LogP contribution in [-0.4, -0.2) is 12.0 Å². The number of ether oxygens (including phenoxy) is 1. The van der Waals surface area contributed by atoms with Crippen molar-refractivity contribution in [3.63, 3.8) is 0 Å². The van der Waals surface area contributed by atoms with Crippen molar-refractivity contribution in [2.45, 2.75) is 59.2 Å². The average Bonchev–Trinajstić information content (AvgIpc) is 2.78. The molecule has 0 bridgehead atoms. The second kappa shape index (κ2) is 5.97. The third-order valence-electron chi connectivity index (χ3n) is 4.05. The van der Waals surface area contributed by atoms with E-state index in [1.807, 2.05) is 13.0 Å². The van der Waals surface area contributed by atoms with E-state index in [9.17, 15) is 4.79 Å². The molecule has 2 rings (SSSR count). The largest absolute Gasteiger partial charge is 0.453 e. The summed E-state index contributed by atoms with van der Waals surface area (Å²) in [6.07, 6.45) is 4.84. The Morgan fingerprint density at radius 1 is 1.50 bits per heavy atom. The van der Waals surface area contributed by atoms with Gasteiger partial charge in [0.25, 0.3) is 0 Å². The van der Waals surface area contributed by atoms with E-state index in [0.29, 0.717) is 23.9 Å². The van der Waals surface area contributed by atoms with Crippen molar-refractivity contribution in [2.24, 2.45) is 11.3 Å². The Hall–Kier alpha value is -1.33. The van der Waals surface area contributed by atoms with Crippen molar-refractivity contribution < 1.29 is 13.9 Å². The molecule has 0 unspecified atom stereocenters. The molecule has 0 saturated heterocycles. The van der Waals surface area contributed by atoms with Crippen molar-refractivity contribution in [2.75, 3.05) is 0 Å². The minimum absolute atomic E-state index is 0.260. The van der Waals surface area contributed by atoms with Gasteiger partial charge in [-0.1, -0.05) is 13.8 Å². The standard InChI is InChI=1S/C15H24N2O3/c1-10-8-12(20-13(10)14(18)17-16)9-19-11-4-6-15(2,3)7-5-11/h8,11H,4-7,9,16H2,1-3H3,(H,17,18). The van der Waals surface area contributed by atoms with Crippen molar-refractivity contribution in [1.29, 1.82) is 0 Å². The number of hydrogen-bond acceptors (Lipinski definition) is 4. The monoisotopic (exact) mass is 280 g/mol. The van der Waals surface area contributed by atoms with Gasteiger partial charge >= 0.3 is 5.91 Å². The van der Waals surface area contributed by atoms with Gasteiger partial charge in [-0.15, -0.1) is 0 Å². The molecule has 112 valence electrons. The highest BCUT2D eigenvalue weighted by Crippen LogP contribution is 2.36. The fourth-order valence-corrected chi connectivity index (χ4v) is 2.65. The van der Waals surface area contributed by atoms with Gasteiger partial charge in [0.15, 0.2) is 5.76 Å². The molecule has 0 spiro atoms. The van der Waals surface area contributed by atoms with Gasteiger partial charge in [-0.2, -0.15) is 0 Å². The van der Waals surface area contributed by atoms with E-state index in [1.165, 1.54) is 12.8 Å². The molecule has 1 aliphatic carbocycles. The number of nitrogens with two attached hydrogens (primary N) is 1. The molecule has 1 heterocycles. The average molecular weight is 280 g/mol. The summed E-state index contributed by atoms with van der Waals surface area (Å²) in [5.74, 6) is 5.63. The summed E-state index contributed by atoms with van der Waals surface area (Å²) in [5.41, 5.74) is 3.29. The molecule has 5 heteroatoms. The van der Waals surface area contributed by atoms with E-state index < -0.39 is 5.91 Å². The molecular formula is C15H24N2O3. The van der Waals surface area contributed by atoms with Crippen molar-refractivity contribution in [1.82, 2.24) is 5.43 Å². The maximum Gasteiger partial charge on any atom is 0.301 e. The van der Waals surface area contributed by atoms with Crippen LogP contribution < -0.4 is 11.3 Å². The van der Waals surface area contributed by atoms with E-state index in [2.05, 4.69) is 19.3 Å². The van der Waals surface area contributed by atoms with Gasteiger partial charge < -0.3 is 9.15 Å². The van der Waals surface area contributed by atoms with Gasteiger partial charge in [0.2, 0.25) is 0 Å². The zero-order valence-corrected chi connectivity index (χ0v) is 12.5. The summed E-state index contributed by atoms with van der Waals surface area (Å²) in [6, 6.07) is 1.83. The molecule has 0 atom stereocenters. The summed E-state index contributed by atoms with van der Waals surface area (Å²) < 4.78 is 11.4. The minimum Gasteiger partial charge on any atom is -0.453 e. The quantitative estimate of drug-likeness (QED) is 0.505. The molecule has 20 heavy (non-hydrogen) atoms. The lowest BCUT2D eigenvalue weighted by Crippen LogP contribution is -2.30. The molecule has 1 fully saturated rings. The number of rotatable bonds is 4. The number of hydrazine groups is 1. The highest BCUT2D eigenvalue weighted by Gasteiger charge is 2.27. The van der Waals surface area contributed by atoms with Crippen LogP contribution in [0.1, 0.15) is 61.4 Å². The van der Waals surface area contributed by atoms with Crippen molar-refractivity contribution >= 4 is 5.91 Å². The molecule has 3 N–H and O–H groups in total. The molecule has 0 aliphatic heterocycles. The molecule has 1 aromatic heterocycles. The first-order chi connectivity index (χ1) is 9.41. The lowest BCUT2D eigenvalue weighted by atomic mass is 9.76. The van der Waals surface area contributed by atoms with Crippen LogP contribution in [0.5, 0.6) is 0 Å². The third kappa shape index (κ3) is 3.61. The van der Waals surface area contributed by atoms with E-state index in [1.54, 1.807) is 0 Å². The first kappa shape index (κ1) is 15.1. The minimum atomic E-state index is -0.409. The van der Waals surface area contributed by atoms with Crippen LogP contribution in [-0.2, 0) is 11.3 Å². The Kier molecular flexibility index (Phi) is 4.50. The number of carbonyl (C=O) groups is 1. The van der Waals surface area contributed by atoms with Crippen molar-refractivity contribution in [3.05, 3.63) is 23.2 Å². The fourth-order valence-electron chi connectivity index (χ4n) is 2.65. The third-order valence-corrected chi connectivity index (χ3v) is 4.05. The number of furan rings is 1. The Morgan fingerprint density at radius 3 is 2.75 bits per heavy atom. The van der Waals surface area contributed by atoms with E-state index in [4.69, 9.17) is 15.0 Å². The summed E-state index contributed by atoms with van der Waals surface area (Å²) in [4.78, 5) is 11.5. The number of nitrogen functional groups attached to an aromatic ring is 1. The number of amides is 1. The number of aryl methyl sites for hydroxylation is 1. The zero-order chi connectivity index (χ0) is 14.8. The van der Waals surface area contributed by atoms with Crippen LogP contribution in [0, 0.1) is 12.3 Å². The van der Waals surface area contributed by atoms with Gasteiger partial charge in [-0.3, -0.25) is 10.2 Å². The van der Waals surface area contributed by atoms with Crippen LogP contribution in [0.25, 0.3) is 0 Å². The highest BCUT2D eigenvalue weighted by molar-refractivity contribution is 5.92. The first-order valence-corrected chi connectivity index (χ1v) is 7.13. The smallest absolute Gasteiger partial charge is 0.301 e. The van der Waals surface area contributed by atoms with Gasteiger partial charge in [-0.05, 0) is 44.1 Å². The van der Waals surface area contributed by atoms with Gasteiger partial charge in [0.05, 0.1) is 6.10 Å². The molecule has 1 aliphatic rings. The number of hydrogen-bond donors (Lipinski definition) is 2. The van der Waals surface area contributed by atoms with Crippen molar-refractivity contribution in [3.8, 4) is 0 Å². The SMILES string of the molecule is Cc1cc(COC2CCC(C)(C)CC2)oc1C(=O)NN. The zero-order valence-electron chi connectivity index (χ0n) is 12.5. The van der Waals surface area contributed by atoms with Gasteiger partial charge in [0, 0.05) is 5.56 Å². The molecule has 0 aromatic carbocycles. The van der Waals surface area contributed by atoms with Crippen LogP contribution in [0.3, 0.4) is 0 Å². The van der Waals surface area contributed by atoms with Crippen LogP contribution in [0.2, 0.25) is 0 Å². The summed E-state index contributed by atoms with van der Waals surface area (Å²) in [5, 5.41) is 0. The maximum atomic E-state index is 11.5. The predicted octanol–water partition coefficient (Wildman–Crippen LogP) is 2.68. The second-order valence-electron chi connectivity index (χ2n) is 6.37. The summed E-state index contributed by atoms with van der Waals surface area (Å²) >= 11 is 0. The Bertz CT molecular complexity index is 469. The molecular weight excluding hydrogens is 256 g/mol. The Labute approximate surface area is 119 Å². The summed E-state index contributed by atoms with van der Waals surface area (Å²) in [6.45, 7) is 6.83. The van der Waals surface area contributed by atoms with E-state index in [0.717, 1.165) is 18.4 Å². The Balaban J connectivity index is 1.87. The molecule has 1 saturated carbocycles. The number of nitrogens with one attached hydrogen (secondary N) is 1. The second-order valence-corrected chi connectivity index (χ2v) is 6.37. The van der Waals surface area contributed by atoms with Crippen LogP contribution >= 0.6 is 0 Å².